The summed E-state index contributed by atoms with van der Waals surface area (Å²) < 4.78 is 5.18. The normalized spacial score (nSPS) is 17.1. The number of amides is 1. The SMILES string of the molecule is COc1ccc(C(NC(=O)[C@H](N)CCSC)C2CC2)cc1. The average Bonchev–Trinajstić information content (AvgIpc) is 3.34. The van der Waals surface area contributed by atoms with Gasteiger partial charge in [-0.1, -0.05) is 12.1 Å². The second-order valence-corrected chi connectivity index (χ2v) is 6.47. The van der Waals surface area contributed by atoms with Crippen LogP contribution in [0, 0.1) is 5.92 Å². The number of hydrogen-bond donors (Lipinski definition) is 2. The Morgan fingerprint density at radius 3 is 2.62 bits per heavy atom. The zero-order chi connectivity index (χ0) is 15.2. The Kier molecular flexibility index (Phi) is 5.94. The summed E-state index contributed by atoms with van der Waals surface area (Å²) in [5.41, 5.74) is 7.08. The Balaban J connectivity index is 2.00. The lowest BCUT2D eigenvalue weighted by molar-refractivity contribution is -0.123. The predicted octanol–water partition coefficient (Wildman–Crippen LogP) is 2.34. The minimum absolute atomic E-state index is 0.0447. The fraction of sp³-hybridized carbons (Fsp3) is 0.562. The van der Waals surface area contributed by atoms with Crippen LogP contribution in [-0.2, 0) is 4.79 Å². The zero-order valence-electron chi connectivity index (χ0n) is 12.7. The largest absolute Gasteiger partial charge is 0.497 e. The van der Waals surface area contributed by atoms with E-state index in [0.717, 1.165) is 29.9 Å². The van der Waals surface area contributed by atoms with Crippen LogP contribution in [0.15, 0.2) is 24.3 Å². The fourth-order valence-corrected chi connectivity index (χ4v) is 2.84. The van der Waals surface area contributed by atoms with Crippen molar-refractivity contribution in [2.75, 3.05) is 19.1 Å². The van der Waals surface area contributed by atoms with E-state index in [1.807, 2.05) is 30.5 Å². The molecule has 21 heavy (non-hydrogen) atoms. The molecule has 4 nitrogen and oxygen atoms in total. The molecule has 0 spiro atoms. The summed E-state index contributed by atoms with van der Waals surface area (Å²) in [7, 11) is 1.65. The maximum absolute atomic E-state index is 12.2. The highest BCUT2D eigenvalue weighted by Crippen LogP contribution is 2.41. The molecule has 1 aliphatic carbocycles. The van der Waals surface area contributed by atoms with Gasteiger partial charge in [0, 0.05) is 0 Å². The lowest BCUT2D eigenvalue weighted by Crippen LogP contribution is -2.43. The Bertz CT molecular complexity index is 460. The maximum Gasteiger partial charge on any atom is 0.237 e. The zero-order valence-corrected chi connectivity index (χ0v) is 13.5. The van der Waals surface area contributed by atoms with Gasteiger partial charge in [-0.05, 0) is 54.9 Å². The van der Waals surface area contributed by atoms with Crippen LogP contribution in [0.25, 0.3) is 0 Å². The van der Waals surface area contributed by atoms with Crippen LogP contribution in [0.5, 0.6) is 5.75 Å². The van der Waals surface area contributed by atoms with Gasteiger partial charge in [0.15, 0.2) is 0 Å². The highest BCUT2D eigenvalue weighted by molar-refractivity contribution is 7.98. The maximum atomic E-state index is 12.2. The van der Waals surface area contributed by atoms with Gasteiger partial charge in [0.1, 0.15) is 5.75 Å². The lowest BCUT2D eigenvalue weighted by atomic mass is 10.0. The lowest BCUT2D eigenvalue weighted by Gasteiger charge is -2.21. The molecule has 3 N–H and O–H groups in total. The van der Waals surface area contributed by atoms with Crippen LogP contribution in [0.2, 0.25) is 0 Å². The molecular weight excluding hydrogens is 284 g/mol. The summed E-state index contributed by atoms with van der Waals surface area (Å²) in [6, 6.07) is 7.57. The number of benzene rings is 1. The highest BCUT2D eigenvalue weighted by Gasteiger charge is 2.34. The summed E-state index contributed by atoms with van der Waals surface area (Å²) in [5, 5.41) is 3.13. The monoisotopic (exact) mass is 308 g/mol. The molecule has 0 radical (unpaired) electrons. The Hall–Kier alpha value is -1.20. The summed E-state index contributed by atoms with van der Waals surface area (Å²) >= 11 is 1.71. The predicted molar refractivity (Wildman–Crippen MR) is 87.6 cm³/mol. The van der Waals surface area contributed by atoms with Gasteiger partial charge in [0.25, 0.3) is 0 Å². The topological polar surface area (TPSA) is 64.3 Å². The van der Waals surface area contributed by atoms with Crippen molar-refractivity contribution >= 4 is 17.7 Å². The molecule has 0 aliphatic heterocycles. The number of carbonyl (C=O) groups is 1. The number of nitrogens with two attached hydrogens (primary N) is 1. The number of carbonyl (C=O) groups excluding carboxylic acids is 1. The first kappa shape index (κ1) is 16.2. The molecule has 0 aromatic heterocycles. The summed E-state index contributed by atoms with van der Waals surface area (Å²) in [6.07, 6.45) is 5.07. The molecule has 1 saturated carbocycles. The number of rotatable bonds is 8. The fourth-order valence-electron chi connectivity index (χ4n) is 2.35. The van der Waals surface area contributed by atoms with E-state index < -0.39 is 6.04 Å². The van der Waals surface area contributed by atoms with E-state index in [2.05, 4.69) is 5.32 Å². The van der Waals surface area contributed by atoms with Gasteiger partial charge in [-0.2, -0.15) is 11.8 Å². The molecule has 1 aliphatic rings. The van der Waals surface area contributed by atoms with Gasteiger partial charge >= 0.3 is 0 Å². The van der Waals surface area contributed by atoms with Gasteiger partial charge in [0.2, 0.25) is 5.91 Å². The van der Waals surface area contributed by atoms with Gasteiger partial charge in [0.05, 0.1) is 19.2 Å². The van der Waals surface area contributed by atoms with Crippen molar-refractivity contribution in [3.63, 3.8) is 0 Å². The number of thioether (sulfide) groups is 1. The summed E-state index contributed by atoms with van der Waals surface area (Å²) in [6.45, 7) is 0. The van der Waals surface area contributed by atoms with Crippen LogP contribution >= 0.6 is 11.8 Å². The second-order valence-electron chi connectivity index (χ2n) is 5.48. The number of nitrogens with one attached hydrogen (secondary N) is 1. The van der Waals surface area contributed by atoms with Crippen molar-refractivity contribution in [1.82, 2.24) is 5.32 Å². The first-order chi connectivity index (χ1) is 10.2. The van der Waals surface area contributed by atoms with E-state index in [1.54, 1.807) is 18.9 Å². The molecule has 1 amide bonds. The van der Waals surface area contributed by atoms with Crippen molar-refractivity contribution in [1.29, 1.82) is 0 Å². The van der Waals surface area contributed by atoms with Crippen molar-refractivity contribution in [2.24, 2.45) is 11.7 Å². The third kappa shape index (κ3) is 4.64. The van der Waals surface area contributed by atoms with Crippen molar-refractivity contribution in [3.05, 3.63) is 29.8 Å². The minimum atomic E-state index is -0.419. The molecule has 1 aromatic carbocycles. The summed E-state index contributed by atoms with van der Waals surface area (Å²) in [4.78, 5) is 12.2. The van der Waals surface area contributed by atoms with Gasteiger partial charge in [-0.3, -0.25) is 4.79 Å². The molecule has 0 saturated heterocycles. The van der Waals surface area contributed by atoms with E-state index in [0.29, 0.717) is 12.3 Å². The van der Waals surface area contributed by atoms with E-state index in [1.165, 1.54) is 0 Å². The quantitative estimate of drug-likeness (QED) is 0.774. The van der Waals surface area contributed by atoms with Crippen molar-refractivity contribution in [3.8, 4) is 5.75 Å². The van der Waals surface area contributed by atoms with E-state index >= 15 is 0 Å². The Morgan fingerprint density at radius 2 is 2.10 bits per heavy atom. The highest BCUT2D eigenvalue weighted by atomic mass is 32.2. The number of ether oxygens (including phenoxy) is 1. The molecule has 1 aromatic rings. The molecule has 5 heteroatoms. The second kappa shape index (κ2) is 7.71. The molecule has 1 fully saturated rings. The van der Waals surface area contributed by atoms with Crippen LogP contribution in [0.4, 0.5) is 0 Å². The molecule has 2 rings (SSSR count). The average molecular weight is 308 g/mol. The third-order valence-electron chi connectivity index (χ3n) is 3.84. The molecule has 116 valence electrons. The van der Waals surface area contributed by atoms with Crippen LogP contribution in [-0.4, -0.2) is 31.1 Å². The van der Waals surface area contributed by atoms with Crippen molar-refractivity contribution in [2.45, 2.75) is 31.3 Å². The Labute approximate surface area is 130 Å². The number of hydrogen-bond acceptors (Lipinski definition) is 4. The van der Waals surface area contributed by atoms with Gasteiger partial charge in [-0.25, -0.2) is 0 Å². The molecule has 2 atom stereocenters. The molecule has 0 bridgehead atoms. The summed E-state index contributed by atoms with van der Waals surface area (Å²) in [5.74, 6) is 2.23. The first-order valence-corrected chi connectivity index (χ1v) is 8.74. The molecule has 1 unspecified atom stereocenters. The first-order valence-electron chi connectivity index (χ1n) is 7.34. The standard InChI is InChI=1S/C16H24N2O2S/c1-20-13-7-5-12(6-8-13)15(11-3-4-11)18-16(19)14(17)9-10-21-2/h5-8,11,14-15H,3-4,9-10,17H2,1-2H3,(H,18,19)/t14-,15?/m1/s1. The Morgan fingerprint density at radius 1 is 1.43 bits per heavy atom. The van der Waals surface area contributed by atoms with E-state index in [4.69, 9.17) is 10.5 Å². The van der Waals surface area contributed by atoms with Gasteiger partial charge in [-0.15, -0.1) is 0 Å². The van der Waals surface area contributed by atoms with Crippen molar-refractivity contribution < 1.29 is 9.53 Å². The van der Waals surface area contributed by atoms with E-state index in [9.17, 15) is 4.79 Å². The third-order valence-corrected chi connectivity index (χ3v) is 4.48. The van der Waals surface area contributed by atoms with Gasteiger partial charge < -0.3 is 15.8 Å². The number of methoxy groups -OCH3 is 1. The minimum Gasteiger partial charge on any atom is -0.497 e. The van der Waals surface area contributed by atoms with Crippen LogP contribution in [0.1, 0.15) is 30.9 Å². The molecule has 0 heterocycles. The molecular formula is C16H24N2O2S. The van der Waals surface area contributed by atoms with E-state index in [-0.39, 0.29) is 11.9 Å². The van der Waals surface area contributed by atoms with Crippen LogP contribution in [0.3, 0.4) is 0 Å². The van der Waals surface area contributed by atoms with Crippen LogP contribution < -0.4 is 15.8 Å². The smallest absolute Gasteiger partial charge is 0.237 e.